The molecule has 1 rings (SSSR count). The van der Waals surface area contributed by atoms with E-state index in [2.05, 4.69) is 5.32 Å². The van der Waals surface area contributed by atoms with Crippen molar-refractivity contribution in [3.05, 3.63) is 0 Å². The van der Waals surface area contributed by atoms with E-state index in [0.717, 1.165) is 19.3 Å². The van der Waals surface area contributed by atoms with Crippen LogP contribution in [0.4, 0.5) is 13.2 Å². The third kappa shape index (κ3) is 5.01. The van der Waals surface area contributed by atoms with E-state index in [1.807, 2.05) is 5.32 Å². The SMILES string of the molecule is O=C(NCC(F)(F)F)C1CCCCCN1. The molecule has 1 fully saturated rings. The van der Waals surface area contributed by atoms with Gasteiger partial charge in [0.1, 0.15) is 6.54 Å². The summed E-state index contributed by atoms with van der Waals surface area (Å²) in [5.74, 6) is -0.547. The number of rotatable bonds is 2. The standard InChI is InChI=1S/C9H15F3N2O/c10-9(11,12)6-14-8(15)7-4-2-1-3-5-13-7/h7,13H,1-6H2,(H,14,15). The maximum absolute atomic E-state index is 11.8. The van der Waals surface area contributed by atoms with Crippen molar-refractivity contribution in [3.8, 4) is 0 Å². The molecule has 0 bridgehead atoms. The fourth-order valence-electron chi connectivity index (χ4n) is 1.56. The van der Waals surface area contributed by atoms with Crippen LogP contribution in [0.2, 0.25) is 0 Å². The Morgan fingerprint density at radius 1 is 1.33 bits per heavy atom. The Balaban J connectivity index is 2.32. The van der Waals surface area contributed by atoms with Crippen LogP contribution in [0.15, 0.2) is 0 Å². The molecular formula is C9H15F3N2O. The van der Waals surface area contributed by atoms with E-state index in [9.17, 15) is 18.0 Å². The maximum Gasteiger partial charge on any atom is 0.405 e. The van der Waals surface area contributed by atoms with Crippen LogP contribution in [0, 0.1) is 0 Å². The van der Waals surface area contributed by atoms with Crippen LogP contribution in [0.25, 0.3) is 0 Å². The molecule has 88 valence electrons. The van der Waals surface area contributed by atoms with Crippen LogP contribution in [-0.4, -0.2) is 31.2 Å². The molecule has 1 aliphatic heterocycles. The number of alkyl halides is 3. The van der Waals surface area contributed by atoms with Gasteiger partial charge in [-0.05, 0) is 19.4 Å². The molecule has 0 radical (unpaired) electrons. The number of nitrogens with one attached hydrogen (secondary N) is 2. The molecule has 0 saturated carbocycles. The molecule has 15 heavy (non-hydrogen) atoms. The molecule has 1 saturated heterocycles. The number of carbonyl (C=O) groups is 1. The number of amides is 1. The van der Waals surface area contributed by atoms with Gasteiger partial charge in [-0.2, -0.15) is 13.2 Å². The zero-order chi connectivity index (χ0) is 11.3. The predicted octanol–water partition coefficient (Wildman–Crippen LogP) is 1.20. The minimum Gasteiger partial charge on any atom is -0.346 e. The van der Waals surface area contributed by atoms with Crippen LogP contribution < -0.4 is 10.6 Å². The first-order chi connectivity index (χ1) is 6.99. The Hall–Kier alpha value is -0.780. The van der Waals surface area contributed by atoms with Gasteiger partial charge in [0.05, 0.1) is 6.04 Å². The summed E-state index contributed by atoms with van der Waals surface area (Å²) in [6.07, 6.45) is -0.833. The van der Waals surface area contributed by atoms with E-state index in [-0.39, 0.29) is 0 Å². The van der Waals surface area contributed by atoms with Crippen molar-refractivity contribution in [1.82, 2.24) is 10.6 Å². The highest BCUT2D eigenvalue weighted by molar-refractivity contribution is 5.81. The molecule has 1 atom stereocenters. The van der Waals surface area contributed by atoms with E-state index in [0.29, 0.717) is 13.0 Å². The lowest BCUT2D eigenvalue weighted by molar-refractivity contribution is -0.139. The Labute approximate surface area is 86.4 Å². The highest BCUT2D eigenvalue weighted by atomic mass is 19.4. The summed E-state index contributed by atoms with van der Waals surface area (Å²) in [5.41, 5.74) is 0. The van der Waals surface area contributed by atoms with Gasteiger partial charge in [-0.1, -0.05) is 12.8 Å². The molecule has 0 aromatic carbocycles. The van der Waals surface area contributed by atoms with Crippen LogP contribution in [0.1, 0.15) is 25.7 Å². The second-order valence-electron chi connectivity index (χ2n) is 3.69. The Bertz CT molecular complexity index is 210. The van der Waals surface area contributed by atoms with Gasteiger partial charge >= 0.3 is 6.18 Å². The molecule has 1 aliphatic rings. The molecule has 2 N–H and O–H groups in total. The van der Waals surface area contributed by atoms with Crippen molar-refractivity contribution < 1.29 is 18.0 Å². The summed E-state index contributed by atoms with van der Waals surface area (Å²) in [6.45, 7) is -0.548. The maximum atomic E-state index is 11.8. The lowest BCUT2D eigenvalue weighted by atomic mass is 10.1. The van der Waals surface area contributed by atoms with Crippen molar-refractivity contribution in [3.63, 3.8) is 0 Å². The third-order valence-corrected chi connectivity index (χ3v) is 2.34. The van der Waals surface area contributed by atoms with E-state index in [4.69, 9.17) is 0 Å². The Morgan fingerprint density at radius 2 is 2.07 bits per heavy atom. The van der Waals surface area contributed by atoms with Crippen molar-refractivity contribution >= 4 is 5.91 Å². The fourth-order valence-corrected chi connectivity index (χ4v) is 1.56. The molecule has 1 amide bonds. The minimum absolute atomic E-state index is 0.463. The van der Waals surface area contributed by atoms with Gasteiger partial charge in [-0.3, -0.25) is 4.79 Å². The van der Waals surface area contributed by atoms with Gasteiger partial charge in [0.2, 0.25) is 5.91 Å². The highest BCUT2D eigenvalue weighted by Crippen LogP contribution is 2.13. The summed E-state index contributed by atoms with van der Waals surface area (Å²) < 4.78 is 35.5. The molecular weight excluding hydrogens is 209 g/mol. The summed E-state index contributed by atoms with van der Waals surface area (Å²) in [4.78, 5) is 11.3. The van der Waals surface area contributed by atoms with Crippen LogP contribution in [0.5, 0.6) is 0 Å². The molecule has 6 heteroatoms. The number of hydrogen-bond acceptors (Lipinski definition) is 2. The lowest BCUT2D eigenvalue weighted by Gasteiger charge is -2.16. The first kappa shape index (κ1) is 12.3. The Kier molecular flexibility index (Phi) is 4.38. The average Bonchev–Trinajstić information content (AvgIpc) is 2.41. The number of hydrogen-bond donors (Lipinski definition) is 2. The lowest BCUT2D eigenvalue weighted by Crippen LogP contribution is -2.46. The van der Waals surface area contributed by atoms with E-state index in [1.54, 1.807) is 0 Å². The normalized spacial score (nSPS) is 23.3. The smallest absolute Gasteiger partial charge is 0.346 e. The largest absolute Gasteiger partial charge is 0.405 e. The molecule has 1 unspecified atom stereocenters. The second kappa shape index (κ2) is 5.34. The third-order valence-electron chi connectivity index (χ3n) is 2.34. The van der Waals surface area contributed by atoms with Crippen LogP contribution in [-0.2, 0) is 4.79 Å². The van der Waals surface area contributed by atoms with E-state index in [1.165, 1.54) is 0 Å². The first-order valence-electron chi connectivity index (χ1n) is 5.07. The highest BCUT2D eigenvalue weighted by Gasteiger charge is 2.29. The monoisotopic (exact) mass is 224 g/mol. The quantitative estimate of drug-likeness (QED) is 0.740. The van der Waals surface area contributed by atoms with Crippen LogP contribution in [0.3, 0.4) is 0 Å². The molecule has 0 aromatic heterocycles. The van der Waals surface area contributed by atoms with Crippen molar-refractivity contribution in [2.45, 2.75) is 37.9 Å². The number of carbonyl (C=O) groups excluding carboxylic acids is 1. The molecule has 0 aromatic rings. The molecule has 0 aliphatic carbocycles. The Morgan fingerprint density at radius 3 is 2.73 bits per heavy atom. The topological polar surface area (TPSA) is 41.1 Å². The van der Waals surface area contributed by atoms with Gasteiger partial charge in [0, 0.05) is 0 Å². The molecule has 1 heterocycles. The summed E-state index contributed by atoms with van der Waals surface area (Å²) in [5, 5.41) is 4.83. The zero-order valence-corrected chi connectivity index (χ0v) is 8.36. The van der Waals surface area contributed by atoms with Crippen molar-refractivity contribution in [2.75, 3.05) is 13.1 Å². The summed E-state index contributed by atoms with van der Waals surface area (Å²) >= 11 is 0. The van der Waals surface area contributed by atoms with Gasteiger partial charge in [0.25, 0.3) is 0 Å². The van der Waals surface area contributed by atoms with Gasteiger partial charge in [-0.15, -0.1) is 0 Å². The fraction of sp³-hybridized carbons (Fsp3) is 0.889. The number of halogens is 3. The van der Waals surface area contributed by atoms with Gasteiger partial charge in [-0.25, -0.2) is 0 Å². The van der Waals surface area contributed by atoms with E-state index < -0.39 is 24.7 Å². The molecule has 3 nitrogen and oxygen atoms in total. The minimum atomic E-state index is -4.33. The summed E-state index contributed by atoms with van der Waals surface area (Å²) in [6, 6.07) is -0.463. The van der Waals surface area contributed by atoms with Crippen molar-refractivity contribution in [1.29, 1.82) is 0 Å². The van der Waals surface area contributed by atoms with Crippen molar-refractivity contribution in [2.24, 2.45) is 0 Å². The van der Waals surface area contributed by atoms with Gasteiger partial charge in [0.15, 0.2) is 0 Å². The first-order valence-corrected chi connectivity index (χ1v) is 5.07. The van der Waals surface area contributed by atoms with Crippen LogP contribution >= 0.6 is 0 Å². The van der Waals surface area contributed by atoms with E-state index >= 15 is 0 Å². The second-order valence-corrected chi connectivity index (χ2v) is 3.69. The molecule has 0 spiro atoms. The zero-order valence-electron chi connectivity index (χ0n) is 8.36. The van der Waals surface area contributed by atoms with Gasteiger partial charge < -0.3 is 10.6 Å². The average molecular weight is 224 g/mol. The summed E-state index contributed by atoms with van der Waals surface area (Å²) in [7, 11) is 0. The predicted molar refractivity (Wildman–Crippen MR) is 49.3 cm³/mol.